The van der Waals surface area contributed by atoms with Crippen LogP contribution >= 0.6 is 0 Å². The third kappa shape index (κ3) is 1.16. The predicted molar refractivity (Wildman–Crippen MR) is 33.4 cm³/mol. The molecule has 56 valence electrons. The van der Waals surface area contributed by atoms with Gasteiger partial charge in [0.2, 0.25) is 0 Å². The first-order chi connectivity index (χ1) is 4.77. The van der Waals surface area contributed by atoms with Crippen molar-refractivity contribution in [2.75, 3.05) is 7.05 Å². The van der Waals surface area contributed by atoms with Gasteiger partial charge in [-0.05, 0) is 7.05 Å². The summed E-state index contributed by atoms with van der Waals surface area (Å²) in [5.41, 5.74) is 0. The molecule has 1 heterocycles. The Labute approximate surface area is 58.5 Å². The molecule has 0 saturated carbocycles. The molecule has 0 aromatic heterocycles. The van der Waals surface area contributed by atoms with E-state index < -0.39 is 6.10 Å². The van der Waals surface area contributed by atoms with Crippen LogP contribution in [-0.2, 0) is 14.3 Å². The van der Waals surface area contributed by atoms with E-state index in [0.717, 1.165) is 0 Å². The molecule has 0 bridgehead atoms. The van der Waals surface area contributed by atoms with E-state index in [2.05, 4.69) is 10.1 Å². The van der Waals surface area contributed by atoms with Crippen molar-refractivity contribution in [3.8, 4) is 0 Å². The molecule has 4 heteroatoms. The van der Waals surface area contributed by atoms with Gasteiger partial charge in [0.1, 0.15) is 6.04 Å². The number of carbonyl (C=O) groups is 2. The van der Waals surface area contributed by atoms with Crippen LogP contribution in [0.15, 0.2) is 0 Å². The van der Waals surface area contributed by atoms with E-state index in [9.17, 15) is 9.59 Å². The molecule has 1 saturated heterocycles. The van der Waals surface area contributed by atoms with Crippen molar-refractivity contribution in [2.24, 2.45) is 0 Å². The summed E-state index contributed by atoms with van der Waals surface area (Å²) in [6.07, 6.45) is 0.568. The number of esters is 1. The molecule has 0 spiro atoms. The lowest BCUT2D eigenvalue weighted by molar-refractivity contribution is -0.145. The number of likely N-dealkylation sites (N-methyl/N-ethyl adjacent to an activating group) is 1. The predicted octanol–water partition coefficient (Wildman–Crippen LogP) is -0.911. The molecule has 0 radical (unpaired) electrons. The van der Waals surface area contributed by atoms with Gasteiger partial charge in [-0.3, -0.25) is 9.59 Å². The molecule has 1 aliphatic rings. The molecule has 1 rings (SSSR count). The van der Waals surface area contributed by atoms with Crippen molar-refractivity contribution >= 4 is 12.3 Å². The Hall–Kier alpha value is -0.900. The minimum Gasteiger partial charge on any atom is -0.453 e. The van der Waals surface area contributed by atoms with Crippen LogP contribution in [0.5, 0.6) is 0 Å². The maximum atomic E-state index is 10.7. The summed E-state index contributed by atoms with van der Waals surface area (Å²) < 4.78 is 4.64. The highest BCUT2D eigenvalue weighted by Gasteiger charge is 2.32. The number of cyclic esters (lactones) is 1. The van der Waals surface area contributed by atoms with E-state index in [-0.39, 0.29) is 12.0 Å². The van der Waals surface area contributed by atoms with Crippen LogP contribution < -0.4 is 5.32 Å². The van der Waals surface area contributed by atoms with Crippen LogP contribution in [0.4, 0.5) is 0 Å². The summed E-state index contributed by atoms with van der Waals surface area (Å²) >= 11 is 0. The van der Waals surface area contributed by atoms with Gasteiger partial charge in [-0.25, -0.2) is 0 Å². The van der Waals surface area contributed by atoms with Crippen LogP contribution in [0.1, 0.15) is 6.42 Å². The molecule has 2 atom stereocenters. The summed E-state index contributed by atoms with van der Waals surface area (Å²) in [5.74, 6) is -0.334. The standard InChI is InChI=1S/C6H9NO3/c1-7-5-2-4(3-8)10-6(5)9/h3-5,7H,2H2,1H3. The zero-order valence-corrected chi connectivity index (χ0v) is 5.66. The van der Waals surface area contributed by atoms with Gasteiger partial charge in [-0.2, -0.15) is 0 Å². The quantitative estimate of drug-likeness (QED) is 0.401. The van der Waals surface area contributed by atoms with Gasteiger partial charge in [0, 0.05) is 6.42 Å². The lowest BCUT2D eigenvalue weighted by Crippen LogP contribution is -2.29. The Morgan fingerprint density at radius 1 is 1.80 bits per heavy atom. The highest BCUT2D eigenvalue weighted by molar-refractivity contribution is 5.81. The Kier molecular flexibility index (Phi) is 2.01. The SMILES string of the molecule is CNC1CC(C=O)OC1=O. The molecule has 0 aromatic carbocycles. The fourth-order valence-electron chi connectivity index (χ4n) is 0.927. The first kappa shape index (κ1) is 7.21. The third-order valence-electron chi connectivity index (χ3n) is 1.52. The monoisotopic (exact) mass is 143 g/mol. The number of rotatable bonds is 2. The van der Waals surface area contributed by atoms with Crippen molar-refractivity contribution in [3.05, 3.63) is 0 Å². The van der Waals surface area contributed by atoms with Crippen LogP contribution in [0.3, 0.4) is 0 Å². The lowest BCUT2D eigenvalue weighted by Gasteiger charge is -1.98. The average molecular weight is 143 g/mol. The topological polar surface area (TPSA) is 55.4 Å². The van der Waals surface area contributed by atoms with Gasteiger partial charge >= 0.3 is 5.97 Å². The van der Waals surface area contributed by atoms with E-state index in [0.29, 0.717) is 12.7 Å². The van der Waals surface area contributed by atoms with Crippen LogP contribution in [-0.4, -0.2) is 31.4 Å². The zero-order valence-electron chi connectivity index (χ0n) is 5.66. The summed E-state index contributed by atoms with van der Waals surface area (Å²) in [4.78, 5) is 20.8. The molecular formula is C6H9NO3. The normalized spacial score (nSPS) is 31.9. The molecule has 0 amide bonds. The van der Waals surface area contributed by atoms with Crippen molar-refractivity contribution in [3.63, 3.8) is 0 Å². The second-order valence-electron chi connectivity index (χ2n) is 2.19. The molecule has 0 aliphatic carbocycles. The lowest BCUT2D eigenvalue weighted by atomic mass is 10.2. The number of ether oxygens (including phenoxy) is 1. The maximum absolute atomic E-state index is 10.7. The van der Waals surface area contributed by atoms with Crippen molar-refractivity contribution in [2.45, 2.75) is 18.6 Å². The average Bonchev–Trinajstić information content (AvgIpc) is 2.30. The van der Waals surface area contributed by atoms with Crippen molar-refractivity contribution < 1.29 is 14.3 Å². The van der Waals surface area contributed by atoms with E-state index in [1.165, 1.54) is 0 Å². The fraction of sp³-hybridized carbons (Fsp3) is 0.667. The van der Waals surface area contributed by atoms with Gasteiger partial charge in [0.05, 0.1) is 0 Å². The minimum absolute atomic E-state index is 0.296. The number of hydrogen-bond acceptors (Lipinski definition) is 4. The molecule has 1 N–H and O–H groups in total. The first-order valence-electron chi connectivity index (χ1n) is 3.11. The molecule has 0 aromatic rings. The zero-order chi connectivity index (χ0) is 7.56. The Bertz CT molecular complexity index is 157. The van der Waals surface area contributed by atoms with Crippen LogP contribution in [0.25, 0.3) is 0 Å². The Balaban J connectivity index is 2.51. The van der Waals surface area contributed by atoms with Gasteiger partial charge in [-0.15, -0.1) is 0 Å². The van der Waals surface area contributed by atoms with Crippen molar-refractivity contribution in [1.82, 2.24) is 5.32 Å². The summed E-state index contributed by atoms with van der Waals surface area (Å²) in [7, 11) is 1.67. The van der Waals surface area contributed by atoms with E-state index >= 15 is 0 Å². The fourth-order valence-corrected chi connectivity index (χ4v) is 0.927. The smallest absolute Gasteiger partial charge is 0.323 e. The largest absolute Gasteiger partial charge is 0.453 e. The highest BCUT2D eigenvalue weighted by atomic mass is 16.6. The first-order valence-corrected chi connectivity index (χ1v) is 3.11. The molecule has 1 fully saturated rings. The van der Waals surface area contributed by atoms with E-state index in [4.69, 9.17) is 0 Å². The number of carbonyl (C=O) groups excluding carboxylic acids is 2. The summed E-state index contributed by atoms with van der Waals surface area (Å²) in [6, 6.07) is -0.296. The van der Waals surface area contributed by atoms with Gasteiger partial charge in [0.15, 0.2) is 12.4 Å². The third-order valence-corrected chi connectivity index (χ3v) is 1.52. The Morgan fingerprint density at radius 2 is 2.50 bits per heavy atom. The number of nitrogens with one attached hydrogen (secondary N) is 1. The minimum atomic E-state index is -0.537. The van der Waals surface area contributed by atoms with Gasteiger partial charge < -0.3 is 10.1 Å². The van der Waals surface area contributed by atoms with E-state index in [1.807, 2.05) is 0 Å². The van der Waals surface area contributed by atoms with Crippen molar-refractivity contribution in [1.29, 1.82) is 0 Å². The number of hydrogen-bond donors (Lipinski definition) is 1. The molecule has 2 unspecified atom stereocenters. The van der Waals surface area contributed by atoms with Crippen LogP contribution in [0.2, 0.25) is 0 Å². The van der Waals surface area contributed by atoms with E-state index in [1.54, 1.807) is 7.05 Å². The second kappa shape index (κ2) is 2.79. The summed E-state index contributed by atoms with van der Waals surface area (Å²) in [6.45, 7) is 0. The Morgan fingerprint density at radius 3 is 2.80 bits per heavy atom. The second-order valence-corrected chi connectivity index (χ2v) is 2.19. The van der Waals surface area contributed by atoms with Gasteiger partial charge in [-0.1, -0.05) is 0 Å². The number of aldehydes is 1. The molecule has 4 nitrogen and oxygen atoms in total. The molecular weight excluding hydrogens is 134 g/mol. The van der Waals surface area contributed by atoms with Gasteiger partial charge in [0.25, 0.3) is 0 Å². The molecule has 10 heavy (non-hydrogen) atoms. The maximum Gasteiger partial charge on any atom is 0.323 e. The molecule has 1 aliphatic heterocycles. The van der Waals surface area contributed by atoms with Crippen LogP contribution in [0, 0.1) is 0 Å². The highest BCUT2D eigenvalue weighted by Crippen LogP contribution is 2.11. The summed E-state index contributed by atoms with van der Waals surface area (Å²) in [5, 5.41) is 2.74.